The molecule has 0 aliphatic heterocycles. The van der Waals surface area contributed by atoms with E-state index in [0.29, 0.717) is 25.5 Å². The largest absolute Gasteiger partial charge is 0.494 e. The number of hydrogen-bond acceptors (Lipinski definition) is 4. The second-order valence-corrected chi connectivity index (χ2v) is 7.85. The molecule has 0 fully saturated rings. The maximum atomic E-state index is 13.4. The molecule has 5 heteroatoms. The first-order chi connectivity index (χ1) is 14.5. The van der Waals surface area contributed by atoms with Crippen LogP contribution in [0.3, 0.4) is 0 Å². The first-order valence-corrected chi connectivity index (χ1v) is 11.2. The van der Waals surface area contributed by atoms with E-state index in [-0.39, 0.29) is 11.3 Å². The normalized spacial score (nSPS) is 10.8. The number of pyridine rings is 1. The van der Waals surface area contributed by atoms with Crippen molar-refractivity contribution in [1.82, 2.24) is 4.57 Å². The van der Waals surface area contributed by atoms with Gasteiger partial charge in [0.15, 0.2) is 5.75 Å². The number of nitrogens with zero attached hydrogens (tertiary/aromatic N) is 1. The lowest BCUT2D eigenvalue weighted by atomic mass is 10.1. The highest BCUT2D eigenvalue weighted by Crippen LogP contribution is 2.34. The van der Waals surface area contributed by atoms with E-state index >= 15 is 0 Å². The van der Waals surface area contributed by atoms with Crippen LogP contribution in [0.5, 0.6) is 17.2 Å². The molecule has 0 saturated carbocycles. The summed E-state index contributed by atoms with van der Waals surface area (Å²) in [4.78, 5) is 13.4. The van der Waals surface area contributed by atoms with Crippen molar-refractivity contribution in [2.75, 3.05) is 20.3 Å². The third-order valence-electron chi connectivity index (χ3n) is 5.08. The molecule has 5 nitrogen and oxygen atoms in total. The highest BCUT2D eigenvalue weighted by molar-refractivity contribution is 5.89. The van der Waals surface area contributed by atoms with E-state index in [4.69, 9.17) is 14.2 Å². The molecule has 0 radical (unpaired) electrons. The van der Waals surface area contributed by atoms with Crippen molar-refractivity contribution < 1.29 is 14.2 Å². The summed E-state index contributed by atoms with van der Waals surface area (Å²) in [6.07, 6.45) is 8.40. The molecule has 1 aromatic heterocycles. The Balaban J connectivity index is 2.52. The molecule has 1 aromatic carbocycles. The highest BCUT2D eigenvalue weighted by atomic mass is 16.5. The number of benzene rings is 1. The van der Waals surface area contributed by atoms with Crippen molar-refractivity contribution in [2.24, 2.45) is 0 Å². The summed E-state index contributed by atoms with van der Waals surface area (Å²) in [5, 5.41) is 0.864. The molecule has 0 saturated heterocycles. The molecule has 0 bridgehead atoms. The Hall–Kier alpha value is -2.43. The van der Waals surface area contributed by atoms with Crippen LogP contribution in [0.1, 0.15) is 66.2 Å². The minimum absolute atomic E-state index is 0.149. The van der Waals surface area contributed by atoms with Crippen LogP contribution in [0, 0.1) is 0 Å². The van der Waals surface area contributed by atoms with Crippen LogP contribution in [0.2, 0.25) is 0 Å². The van der Waals surface area contributed by atoms with E-state index in [2.05, 4.69) is 13.8 Å². The molecule has 0 aliphatic rings. The van der Waals surface area contributed by atoms with Crippen molar-refractivity contribution in [1.29, 1.82) is 0 Å². The summed E-state index contributed by atoms with van der Waals surface area (Å²) in [6, 6.07) is 5.85. The van der Waals surface area contributed by atoms with E-state index in [9.17, 15) is 4.79 Å². The number of ether oxygens (including phenoxy) is 3. The molecule has 0 spiro atoms. The number of allylic oxidation sites excluding steroid dienone is 1. The van der Waals surface area contributed by atoms with Crippen LogP contribution in [0.25, 0.3) is 10.9 Å². The molecule has 0 aliphatic carbocycles. The summed E-state index contributed by atoms with van der Waals surface area (Å²) >= 11 is 0. The van der Waals surface area contributed by atoms with E-state index in [1.165, 1.54) is 0 Å². The first-order valence-electron chi connectivity index (χ1n) is 11.2. The summed E-state index contributed by atoms with van der Waals surface area (Å²) in [5.74, 6) is 1.54. The van der Waals surface area contributed by atoms with Crippen molar-refractivity contribution in [2.45, 2.75) is 72.8 Å². The van der Waals surface area contributed by atoms with Gasteiger partial charge < -0.3 is 18.8 Å². The molecule has 0 atom stereocenters. The molecule has 30 heavy (non-hydrogen) atoms. The van der Waals surface area contributed by atoms with Crippen LogP contribution < -0.4 is 19.8 Å². The van der Waals surface area contributed by atoms with Gasteiger partial charge in [-0.3, -0.25) is 4.79 Å². The lowest BCUT2D eigenvalue weighted by Gasteiger charge is -2.18. The molecule has 166 valence electrons. The van der Waals surface area contributed by atoms with Crippen LogP contribution in [-0.2, 0) is 6.54 Å². The van der Waals surface area contributed by atoms with Gasteiger partial charge in [0.05, 0.1) is 19.2 Å². The van der Waals surface area contributed by atoms with Gasteiger partial charge >= 0.3 is 0 Å². The third kappa shape index (κ3) is 6.28. The number of fused-ring (bicyclic) bond motifs is 1. The van der Waals surface area contributed by atoms with Crippen LogP contribution in [0.4, 0.5) is 0 Å². The predicted molar refractivity (Wildman–Crippen MR) is 124 cm³/mol. The van der Waals surface area contributed by atoms with Gasteiger partial charge in [0.1, 0.15) is 12.4 Å². The molecule has 0 amide bonds. The van der Waals surface area contributed by atoms with Crippen LogP contribution in [-0.4, -0.2) is 24.9 Å². The quantitative estimate of drug-likeness (QED) is 0.292. The maximum absolute atomic E-state index is 13.4. The number of aryl methyl sites for hydroxylation is 1. The van der Waals surface area contributed by atoms with Gasteiger partial charge in [-0.2, -0.15) is 0 Å². The second kappa shape index (κ2) is 12.3. The fraction of sp³-hybridized carbons (Fsp3) is 0.560. The Labute approximate surface area is 180 Å². The zero-order valence-corrected chi connectivity index (χ0v) is 19.3. The molecule has 2 rings (SSSR count). The minimum Gasteiger partial charge on any atom is -0.494 e. The van der Waals surface area contributed by atoms with E-state index in [1.807, 2.05) is 42.7 Å². The van der Waals surface area contributed by atoms with Crippen LogP contribution >= 0.6 is 0 Å². The lowest BCUT2D eigenvalue weighted by Crippen LogP contribution is -2.24. The molecule has 1 heterocycles. The van der Waals surface area contributed by atoms with Gasteiger partial charge in [-0.15, -0.1) is 0 Å². The van der Waals surface area contributed by atoms with Gasteiger partial charge in [0.25, 0.3) is 5.56 Å². The average molecular weight is 416 g/mol. The minimum atomic E-state index is -0.149. The van der Waals surface area contributed by atoms with Crippen LogP contribution in [0.15, 0.2) is 34.6 Å². The molecular weight excluding hydrogens is 378 g/mol. The number of rotatable bonds is 13. The van der Waals surface area contributed by atoms with Crippen molar-refractivity contribution in [3.63, 3.8) is 0 Å². The van der Waals surface area contributed by atoms with Gasteiger partial charge in [-0.05, 0) is 44.9 Å². The number of unbranched alkanes of at least 4 members (excludes halogenated alkanes) is 4. The Kier molecular flexibility index (Phi) is 9.78. The fourth-order valence-electron chi connectivity index (χ4n) is 3.34. The molecular formula is C25H37NO4. The summed E-state index contributed by atoms with van der Waals surface area (Å²) in [6.45, 7) is 10.00. The van der Waals surface area contributed by atoms with Crippen molar-refractivity contribution in [3.8, 4) is 17.2 Å². The summed E-state index contributed by atoms with van der Waals surface area (Å²) in [7, 11) is 1.58. The van der Waals surface area contributed by atoms with Gasteiger partial charge in [-0.1, -0.05) is 45.1 Å². The first kappa shape index (κ1) is 23.8. The third-order valence-corrected chi connectivity index (χ3v) is 5.08. The fourth-order valence-corrected chi connectivity index (χ4v) is 3.34. The molecule has 0 unspecified atom stereocenters. The van der Waals surface area contributed by atoms with Gasteiger partial charge in [-0.25, -0.2) is 0 Å². The van der Waals surface area contributed by atoms with Gasteiger partial charge in [0, 0.05) is 18.0 Å². The molecule has 0 N–H and O–H groups in total. The van der Waals surface area contributed by atoms with Crippen molar-refractivity contribution in [3.05, 3.63) is 40.2 Å². The topological polar surface area (TPSA) is 49.7 Å². The highest BCUT2D eigenvalue weighted by Gasteiger charge is 2.19. The van der Waals surface area contributed by atoms with E-state index in [1.54, 1.807) is 7.11 Å². The average Bonchev–Trinajstić information content (AvgIpc) is 2.73. The lowest BCUT2D eigenvalue weighted by molar-refractivity contribution is 0.309. The van der Waals surface area contributed by atoms with E-state index < -0.39 is 0 Å². The second-order valence-electron chi connectivity index (χ2n) is 7.85. The standard InChI is InChI=1S/C25H37NO4/c1-6-8-10-11-15-26-22-18-20(29-16-9-7-2)12-13-21(22)23(28-5)24(25(26)27)30-17-14-19(3)4/h12-14,18H,6-11,15-17H2,1-5H3. The molecule has 2 aromatic rings. The van der Waals surface area contributed by atoms with E-state index in [0.717, 1.165) is 60.8 Å². The Morgan fingerprint density at radius 2 is 1.77 bits per heavy atom. The summed E-state index contributed by atoms with van der Waals surface area (Å²) < 4.78 is 19.2. The van der Waals surface area contributed by atoms with Gasteiger partial charge in [0.2, 0.25) is 5.75 Å². The monoisotopic (exact) mass is 415 g/mol. The SMILES string of the molecule is CCCCCCn1c(=O)c(OCC=C(C)C)c(OC)c2ccc(OCCCC)cc21. The van der Waals surface area contributed by atoms with Crippen molar-refractivity contribution >= 4 is 10.9 Å². The Morgan fingerprint density at radius 1 is 1.00 bits per heavy atom. The Morgan fingerprint density at radius 3 is 2.43 bits per heavy atom. The number of hydrogen-bond donors (Lipinski definition) is 0. The Bertz CT molecular complexity index is 894. The zero-order valence-electron chi connectivity index (χ0n) is 19.3. The number of aromatic nitrogens is 1. The smallest absolute Gasteiger partial charge is 0.297 e. The summed E-state index contributed by atoms with van der Waals surface area (Å²) in [5.41, 5.74) is 1.82. The number of methoxy groups -OCH3 is 1. The predicted octanol–water partition coefficient (Wildman–Crippen LogP) is 6.11. The zero-order chi connectivity index (χ0) is 21.9. The maximum Gasteiger partial charge on any atom is 0.297 e.